The first kappa shape index (κ1) is 15.0. The smallest absolute Gasteiger partial charge is 0.252 e. The van der Waals surface area contributed by atoms with E-state index < -0.39 is 23.0 Å². The Balaban J connectivity index is 3.17. The molecule has 0 amide bonds. The van der Waals surface area contributed by atoms with Crippen LogP contribution in [0.2, 0.25) is 0 Å². The van der Waals surface area contributed by atoms with E-state index in [1.807, 2.05) is 0 Å². The number of hydrogen-bond donors (Lipinski definition) is 2. The van der Waals surface area contributed by atoms with Crippen molar-refractivity contribution >= 4 is 10.0 Å². The molecule has 0 aromatic carbocycles. The van der Waals surface area contributed by atoms with Gasteiger partial charge < -0.3 is 5.73 Å². The molecule has 0 aliphatic heterocycles. The second-order valence-corrected chi connectivity index (χ2v) is 5.68. The predicted octanol–water partition coefficient (Wildman–Crippen LogP) is 0.241. The molecular weight excluding hydrogens is 266 g/mol. The highest BCUT2D eigenvalue weighted by molar-refractivity contribution is 7.89. The molecule has 0 aliphatic carbocycles. The molecule has 0 radical (unpaired) electrons. The number of H-pyrrole nitrogens is 1. The Labute approximate surface area is 104 Å². The Bertz CT molecular complexity index is 481. The van der Waals surface area contributed by atoms with E-state index in [0.717, 1.165) is 0 Å². The molecule has 3 N–H and O–H groups in total. The van der Waals surface area contributed by atoms with Crippen LogP contribution in [0.3, 0.4) is 0 Å². The van der Waals surface area contributed by atoms with Crippen molar-refractivity contribution in [3.63, 3.8) is 0 Å². The Kier molecular flexibility index (Phi) is 4.77. The number of hydrogen-bond acceptors (Lipinski definition) is 4. The lowest BCUT2D eigenvalue weighted by molar-refractivity contribution is 0.120. The van der Waals surface area contributed by atoms with Gasteiger partial charge in [0, 0.05) is 13.1 Å². The quantitative estimate of drug-likeness (QED) is 0.782. The van der Waals surface area contributed by atoms with Gasteiger partial charge in [-0.25, -0.2) is 17.2 Å². The van der Waals surface area contributed by atoms with Gasteiger partial charge in [0.1, 0.15) is 4.90 Å². The van der Waals surface area contributed by atoms with E-state index in [1.165, 1.54) is 13.8 Å². The highest BCUT2D eigenvalue weighted by Crippen LogP contribution is 2.21. The lowest BCUT2D eigenvalue weighted by Crippen LogP contribution is -2.39. The molecule has 1 aromatic heterocycles. The van der Waals surface area contributed by atoms with Crippen LogP contribution in [0.5, 0.6) is 0 Å². The van der Waals surface area contributed by atoms with E-state index in [1.54, 1.807) is 0 Å². The molecule has 104 valence electrons. The maximum absolute atomic E-state index is 12.4. The molecule has 1 heterocycles. The fourth-order valence-corrected chi connectivity index (χ4v) is 3.42. The van der Waals surface area contributed by atoms with Crippen molar-refractivity contribution in [3.8, 4) is 0 Å². The molecule has 1 aromatic rings. The summed E-state index contributed by atoms with van der Waals surface area (Å²) in [5, 5.41) is 6.27. The van der Waals surface area contributed by atoms with Gasteiger partial charge in [0.15, 0.2) is 0 Å². The van der Waals surface area contributed by atoms with Gasteiger partial charge >= 0.3 is 0 Å². The Morgan fingerprint density at radius 1 is 1.44 bits per heavy atom. The molecule has 9 heteroatoms. The van der Waals surface area contributed by atoms with Crippen LogP contribution in [0.15, 0.2) is 4.90 Å². The number of sulfonamides is 1. The van der Waals surface area contributed by atoms with Crippen molar-refractivity contribution in [2.45, 2.75) is 25.2 Å². The van der Waals surface area contributed by atoms with Gasteiger partial charge in [-0.2, -0.15) is 9.40 Å². The minimum absolute atomic E-state index is 0.0259. The van der Waals surface area contributed by atoms with E-state index in [9.17, 15) is 17.2 Å². The minimum Gasteiger partial charge on any atom is -0.329 e. The van der Waals surface area contributed by atoms with E-state index in [0.29, 0.717) is 10.00 Å². The molecule has 0 spiro atoms. The second kappa shape index (κ2) is 5.72. The standard InChI is InChI=1S/C9H16F2N4O2S/c1-6-9(7(2)14-13-6)18(16,17)15(4-3-12)5-8(10)11/h8H,3-5,12H2,1-2H3,(H,13,14). The van der Waals surface area contributed by atoms with Crippen LogP contribution >= 0.6 is 0 Å². The van der Waals surface area contributed by atoms with Crippen LogP contribution in [0.25, 0.3) is 0 Å². The van der Waals surface area contributed by atoms with Gasteiger partial charge in [0.05, 0.1) is 17.9 Å². The topological polar surface area (TPSA) is 92.1 Å². The Morgan fingerprint density at radius 3 is 2.44 bits per heavy atom. The molecule has 0 unspecified atom stereocenters. The molecule has 0 saturated heterocycles. The van der Waals surface area contributed by atoms with Crippen molar-refractivity contribution in [2.24, 2.45) is 5.73 Å². The summed E-state index contributed by atoms with van der Waals surface area (Å²) < 4.78 is 50.0. The van der Waals surface area contributed by atoms with Gasteiger partial charge in [0.2, 0.25) is 10.0 Å². The van der Waals surface area contributed by atoms with E-state index in [2.05, 4.69) is 10.2 Å². The zero-order valence-corrected chi connectivity index (χ0v) is 11.0. The van der Waals surface area contributed by atoms with Gasteiger partial charge in [-0.05, 0) is 13.8 Å². The van der Waals surface area contributed by atoms with E-state index in [4.69, 9.17) is 5.73 Å². The van der Waals surface area contributed by atoms with Crippen LogP contribution in [0.4, 0.5) is 8.78 Å². The fourth-order valence-electron chi connectivity index (χ4n) is 1.66. The summed E-state index contributed by atoms with van der Waals surface area (Å²) in [4.78, 5) is -0.0587. The predicted molar refractivity (Wildman–Crippen MR) is 61.9 cm³/mol. The van der Waals surface area contributed by atoms with Crippen molar-refractivity contribution in [1.82, 2.24) is 14.5 Å². The number of alkyl halides is 2. The summed E-state index contributed by atoms with van der Waals surface area (Å²) in [6.07, 6.45) is -2.75. The highest BCUT2D eigenvalue weighted by Gasteiger charge is 2.30. The molecule has 0 atom stereocenters. The number of rotatable bonds is 6. The third-order valence-electron chi connectivity index (χ3n) is 2.38. The summed E-state index contributed by atoms with van der Waals surface area (Å²) in [7, 11) is -4.00. The van der Waals surface area contributed by atoms with Gasteiger partial charge in [-0.1, -0.05) is 0 Å². The third-order valence-corrected chi connectivity index (χ3v) is 4.51. The number of aryl methyl sites for hydroxylation is 2. The summed E-state index contributed by atoms with van der Waals surface area (Å²) in [6.45, 7) is 1.97. The summed E-state index contributed by atoms with van der Waals surface area (Å²) in [6, 6.07) is 0. The minimum atomic E-state index is -4.00. The van der Waals surface area contributed by atoms with E-state index in [-0.39, 0.29) is 23.7 Å². The maximum Gasteiger partial charge on any atom is 0.252 e. The number of aromatic nitrogens is 2. The fraction of sp³-hybridized carbons (Fsp3) is 0.667. The van der Waals surface area contributed by atoms with Crippen LogP contribution < -0.4 is 5.73 Å². The Morgan fingerprint density at radius 2 is 2.06 bits per heavy atom. The van der Waals surface area contributed by atoms with Crippen LogP contribution in [0, 0.1) is 13.8 Å². The first-order chi connectivity index (χ1) is 8.30. The van der Waals surface area contributed by atoms with Crippen molar-refractivity contribution in [2.75, 3.05) is 19.6 Å². The first-order valence-electron chi connectivity index (χ1n) is 5.30. The van der Waals surface area contributed by atoms with Gasteiger partial charge in [0.25, 0.3) is 6.43 Å². The first-order valence-corrected chi connectivity index (χ1v) is 6.74. The van der Waals surface area contributed by atoms with Gasteiger partial charge in [-0.3, -0.25) is 5.10 Å². The molecule has 0 fully saturated rings. The number of nitrogens with two attached hydrogens (primary N) is 1. The van der Waals surface area contributed by atoms with Crippen molar-refractivity contribution in [1.29, 1.82) is 0 Å². The van der Waals surface area contributed by atoms with Gasteiger partial charge in [-0.15, -0.1) is 0 Å². The lowest BCUT2D eigenvalue weighted by Gasteiger charge is -2.21. The number of halogens is 2. The summed E-state index contributed by atoms with van der Waals surface area (Å²) in [5.74, 6) is 0. The molecule has 0 aliphatic rings. The maximum atomic E-state index is 12.4. The number of nitrogens with one attached hydrogen (secondary N) is 1. The second-order valence-electron chi connectivity index (χ2n) is 3.81. The van der Waals surface area contributed by atoms with Crippen LogP contribution in [-0.2, 0) is 10.0 Å². The summed E-state index contributed by atoms with van der Waals surface area (Å²) in [5.41, 5.74) is 5.83. The molecule has 0 saturated carbocycles. The van der Waals surface area contributed by atoms with Crippen molar-refractivity contribution < 1.29 is 17.2 Å². The number of nitrogens with zero attached hydrogens (tertiary/aromatic N) is 2. The molecular formula is C9H16F2N4O2S. The molecule has 6 nitrogen and oxygen atoms in total. The van der Waals surface area contributed by atoms with E-state index >= 15 is 0 Å². The zero-order valence-electron chi connectivity index (χ0n) is 10.2. The molecule has 0 bridgehead atoms. The lowest BCUT2D eigenvalue weighted by atomic mass is 10.4. The van der Waals surface area contributed by atoms with Crippen molar-refractivity contribution in [3.05, 3.63) is 11.4 Å². The number of aromatic amines is 1. The Hall–Kier alpha value is -1.06. The van der Waals surface area contributed by atoms with Crippen LogP contribution in [0.1, 0.15) is 11.4 Å². The highest BCUT2D eigenvalue weighted by atomic mass is 32.2. The average Bonchev–Trinajstić information content (AvgIpc) is 2.57. The normalized spacial score (nSPS) is 12.6. The molecule has 1 rings (SSSR count). The summed E-state index contributed by atoms with van der Waals surface area (Å²) >= 11 is 0. The molecule has 18 heavy (non-hydrogen) atoms. The zero-order chi connectivity index (χ0) is 13.9. The largest absolute Gasteiger partial charge is 0.329 e. The average molecular weight is 282 g/mol. The monoisotopic (exact) mass is 282 g/mol. The SMILES string of the molecule is Cc1n[nH]c(C)c1S(=O)(=O)N(CCN)CC(F)F. The third kappa shape index (κ3) is 3.03. The van der Waals surface area contributed by atoms with Crippen LogP contribution in [-0.4, -0.2) is 49.0 Å².